The number of fused-ring (bicyclic) bond motifs is 2. The van der Waals surface area contributed by atoms with Gasteiger partial charge in [-0.25, -0.2) is 4.39 Å². The van der Waals surface area contributed by atoms with Gasteiger partial charge in [0.1, 0.15) is 11.9 Å². The highest BCUT2D eigenvalue weighted by Gasteiger charge is 2.22. The first-order valence-corrected chi connectivity index (χ1v) is 12.9. The topological polar surface area (TPSA) is 62.7 Å². The molecule has 186 valence electrons. The third kappa shape index (κ3) is 4.17. The molecule has 1 fully saturated rings. The molecular formula is C30H29FN6. The number of nitriles is 1. The fraction of sp³-hybridized carbons (Fsp3) is 0.300. The summed E-state index contributed by atoms with van der Waals surface area (Å²) in [6.45, 7) is 6.54. The number of hydrogen-bond acceptors (Lipinski definition) is 4. The number of aromatic nitrogens is 4. The predicted molar refractivity (Wildman–Crippen MR) is 144 cm³/mol. The second kappa shape index (κ2) is 9.45. The number of piperidine rings is 1. The molecule has 0 N–H and O–H groups in total. The Morgan fingerprint density at radius 3 is 2.76 bits per heavy atom. The largest absolute Gasteiger partial charge is 0.346 e. The molecule has 4 heterocycles. The van der Waals surface area contributed by atoms with Crippen molar-refractivity contribution >= 4 is 21.8 Å². The Hall–Kier alpha value is -4.02. The standard InChI is InChI=1S/C30H29FN6/c1-3-36-11-4-5-20(18-36)19-37-12-10-25-28(37)17-33-30(22-8-9-27-24(13-22)16-34-35(27)2)29(25)21-6-7-23(15-32)26(31)14-21/h6-10,12-14,16-17,20H,3-5,11,18-19H2,1-2H3/t20-/m1/s1. The zero-order valence-corrected chi connectivity index (χ0v) is 21.2. The number of aryl methyl sites for hydroxylation is 1. The van der Waals surface area contributed by atoms with E-state index in [9.17, 15) is 9.65 Å². The minimum Gasteiger partial charge on any atom is -0.346 e. The van der Waals surface area contributed by atoms with Crippen molar-refractivity contribution in [3.05, 3.63) is 72.4 Å². The van der Waals surface area contributed by atoms with Crippen LogP contribution < -0.4 is 0 Å². The molecule has 0 unspecified atom stereocenters. The summed E-state index contributed by atoms with van der Waals surface area (Å²) in [5.41, 5.74) is 5.44. The molecule has 1 aliphatic rings. The summed E-state index contributed by atoms with van der Waals surface area (Å²) in [7, 11) is 1.92. The van der Waals surface area contributed by atoms with Crippen LogP contribution >= 0.6 is 0 Å². The number of benzene rings is 2. The Balaban J connectivity index is 1.50. The SMILES string of the molecule is CCN1CCC[C@@H](Cn2ccc3c(-c4ccc(C#N)c(F)c4)c(-c4ccc5c(cnn5C)c4)ncc32)C1. The molecule has 0 saturated carbocycles. The van der Waals surface area contributed by atoms with Crippen molar-refractivity contribution in [2.75, 3.05) is 19.6 Å². The van der Waals surface area contributed by atoms with Crippen LogP contribution in [0.1, 0.15) is 25.3 Å². The van der Waals surface area contributed by atoms with Crippen molar-refractivity contribution in [2.24, 2.45) is 13.0 Å². The van der Waals surface area contributed by atoms with Crippen LogP contribution in [0, 0.1) is 23.1 Å². The molecule has 0 radical (unpaired) electrons. The maximum Gasteiger partial charge on any atom is 0.141 e. The number of pyridine rings is 1. The third-order valence-corrected chi connectivity index (χ3v) is 7.73. The fourth-order valence-electron chi connectivity index (χ4n) is 5.77. The molecule has 0 amide bonds. The Morgan fingerprint density at radius 1 is 1.08 bits per heavy atom. The van der Waals surface area contributed by atoms with Gasteiger partial charge < -0.3 is 9.47 Å². The summed E-state index contributed by atoms with van der Waals surface area (Å²) in [6, 6.07) is 15.0. The van der Waals surface area contributed by atoms with Crippen LogP contribution in [-0.2, 0) is 13.6 Å². The summed E-state index contributed by atoms with van der Waals surface area (Å²) >= 11 is 0. The van der Waals surface area contributed by atoms with Crippen LogP contribution in [0.15, 0.2) is 61.1 Å². The smallest absolute Gasteiger partial charge is 0.141 e. The minimum absolute atomic E-state index is 0.0394. The molecule has 6 nitrogen and oxygen atoms in total. The molecule has 37 heavy (non-hydrogen) atoms. The van der Waals surface area contributed by atoms with E-state index in [0.717, 1.165) is 58.3 Å². The highest BCUT2D eigenvalue weighted by molar-refractivity contribution is 6.02. The summed E-state index contributed by atoms with van der Waals surface area (Å²) in [6.07, 6.45) is 8.38. The van der Waals surface area contributed by atoms with E-state index >= 15 is 0 Å². The van der Waals surface area contributed by atoms with E-state index in [1.807, 2.05) is 48.4 Å². The Bertz CT molecular complexity index is 1660. The molecule has 1 saturated heterocycles. The molecule has 3 aromatic heterocycles. The van der Waals surface area contributed by atoms with Crippen LogP contribution in [0.5, 0.6) is 0 Å². The van der Waals surface area contributed by atoms with E-state index in [-0.39, 0.29) is 5.56 Å². The van der Waals surface area contributed by atoms with Crippen LogP contribution in [0.4, 0.5) is 4.39 Å². The first-order valence-electron chi connectivity index (χ1n) is 12.9. The lowest BCUT2D eigenvalue weighted by Gasteiger charge is -2.32. The summed E-state index contributed by atoms with van der Waals surface area (Å²) < 4.78 is 18.9. The average molecular weight is 493 g/mol. The molecule has 0 bridgehead atoms. The maximum atomic E-state index is 14.8. The predicted octanol–water partition coefficient (Wildman–Crippen LogP) is 6.00. The van der Waals surface area contributed by atoms with Crippen molar-refractivity contribution in [1.29, 1.82) is 5.26 Å². The zero-order valence-electron chi connectivity index (χ0n) is 21.2. The summed E-state index contributed by atoms with van der Waals surface area (Å²) in [5, 5.41) is 15.7. The van der Waals surface area contributed by atoms with E-state index in [1.54, 1.807) is 6.07 Å². The van der Waals surface area contributed by atoms with Crippen molar-refractivity contribution < 1.29 is 4.39 Å². The number of hydrogen-bond donors (Lipinski definition) is 0. The van der Waals surface area contributed by atoms with Crippen molar-refractivity contribution in [2.45, 2.75) is 26.3 Å². The van der Waals surface area contributed by atoms with E-state index < -0.39 is 5.82 Å². The number of halogens is 1. The average Bonchev–Trinajstić information content (AvgIpc) is 3.51. The van der Waals surface area contributed by atoms with Gasteiger partial charge in [-0.2, -0.15) is 10.4 Å². The Kier molecular flexibility index (Phi) is 5.97. The van der Waals surface area contributed by atoms with Gasteiger partial charge >= 0.3 is 0 Å². The highest BCUT2D eigenvalue weighted by Crippen LogP contribution is 2.38. The Labute approximate surface area is 215 Å². The van der Waals surface area contributed by atoms with E-state index in [4.69, 9.17) is 4.98 Å². The van der Waals surface area contributed by atoms with E-state index in [0.29, 0.717) is 11.5 Å². The van der Waals surface area contributed by atoms with E-state index in [1.165, 1.54) is 25.5 Å². The van der Waals surface area contributed by atoms with Gasteiger partial charge in [-0.1, -0.05) is 19.1 Å². The molecule has 1 aliphatic heterocycles. The molecule has 1 atom stereocenters. The van der Waals surface area contributed by atoms with Gasteiger partial charge in [-0.15, -0.1) is 0 Å². The van der Waals surface area contributed by atoms with Crippen LogP contribution in [0.2, 0.25) is 0 Å². The van der Waals surface area contributed by atoms with E-state index in [2.05, 4.69) is 39.8 Å². The minimum atomic E-state index is -0.521. The second-order valence-electron chi connectivity index (χ2n) is 10.00. The quantitative estimate of drug-likeness (QED) is 0.302. The lowest BCUT2D eigenvalue weighted by molar-refractivity contribution is 0.171. The molecule has 2 aromatic carbocycles. The molecule has 7 heteroatoms. The number of nitrogens with zero attached hydrogens (tertiary/aromatic N) is 6. The summed E-state index contributed by atoms with van der Waals surface area (Å²) in [4.78, 5) is 7.47. The maximum absolute atomic E-state index is 14.8. The molecule has 0 aliphatic carbocycles. The normalized spacial score (nSPS) is 16.4. The van der Waals surface area contributed by atoms with Crippen LogP contribution in [0.25, 0.3) is 44.2 Å². The fourth-order valence-corrected chi connectivity index (χ4v) is 5.77. The molecule has 0 spiro atoms. The third-order valence-electron chi connectivity index (χ3n) is 7.73. The number of likely N-dealkylation sites (tertiary alicyclic amines) is 1. The van der Waals surface area contributed by atoms with Crippen LogP contribution in [-0.4, -0.2) is 43.9 Å². The highest BCUT2D eigenvalue weighted by atomic mass is 19.1. The van der Waals surface area contributed by atoms with Gasteiger partial charge in [0.25, 0.3) is 0 Å². The van der Waals surface area contributed by atoms with Crippen molar-refractivity contribution in [3.8, 4) is 28.5 Å². The van der Waals surface area contributed by atoms with Gasteiger partial charge in [0, 0.05) is 48.2 Å². The second-order valence-corrected chi connectivity index (χ2v) is 10.00. The zero-order chi connectivity index (χ0) is 25.5. The Morgan fingerprint density at radius 2 is 1.95 bits per heavy atom. The van der Waals surface area contributed by atoms with Gasteiger partial charge in [0.15, 0.2) is 0 Å². The lowest BCUT2D eigenvalue weighted by Crippen LogP contribution is -2.36. The number of rotatable bonds is 5. The first kappa shape index (κ1) is 23.4. The van der Waals surface area contributed by atoms with Gasteiger partial charge in [0.05, 0.1) is 34.7 Å². The van der Waals surface area contributed by atoms with Crippen molar-refractivity contribution in [3.63, 3.8) is 0 Å². The monoisotopic (exact) mass is 492 g/mol. The van der Waals surface area contributed by atoms with Gasteiger partial charge in [-0.05, 0) is 67.7 Å². The molecule has 5 aromatic rings. The van der Waals surface area contributed by atoms with Gasteiger partial charge in [-0.3, -0.25) is 9.67 Å². The van der Waals surface area contributed by atoms with Crippen LogP contribution in [0.3, 0.4) is 0 Å². The van der Waals surface area contributed by atoms with Crippen molar-refractivity contribution in [1.82, 2.24) is 24.2 Å². The first-order chi connectivity index (χ1) is 18.1. The van der Waals surface area contributed by atoms with Gasteiger partial charge in [0.2, 0.25) is 0 Å². The molecule has 6 rings (SSSR count). The lowest BCUT2D eigenvalue weighted by atomic mass is 9.95. The molecular weight excluding hydrogens is 463 g/mol. The summed E-state index contributed by atoms with van der Waals surface area (Å²) in [5.74, 6) is 0.0692.